The number of rotatable bonds is 13. The lowest BCUT2D eigenvalue weighted by molar-refractivity contribution is -0.158. The monoisotopic (exact) mass is 369 g/mol. The average molecular weight is 369 g/mol. The topological polar surface area (TPSA) is 82.1 Å². The van der Waals surface area contributed by atoms with Gasteiger partial charge in [-0.3, -0.25) is 14.4 Å². The lowest BCUT2D eigenvalue weighted by Gasteiger charge is -2.17. The molecule has 0 rings (SSSR count). The first-order chi connectivity index (χ1) is 12.4. The van der Waals surface area contributed by atoms with E-state index < -0.39 is 24.0 Å². The van der Waals surface area contributed by atoms with Crippen molar-refractivity contribution in [3.8, 4) is 0 Å². The molecule has 0 aliphatic heterocycles. The van der Waals surface area contributed by atoms with Gasteiger partial charge in [-0.15, -0.1) is 0 Å². The molecule has 0 spiro atoms. The molecule has 0 radical (unpaired) electrons. The van der Waals surface area contributed by atoms with E-state index in [0.29, 0.717) is 6.42 Å². The summed E-state index contributed by atoms with van der Waals surface area (Å²) in [5.41, 5.74) is 0. The van der Waals surface area contributed by atoms with Crippen molar-refractivity contribution in [3.63, 3.8) is 0 Å². The van der Waals surface area contributed by atoms with Crippen molar-refractivity contribution in [2.45, 2.75) is 45.6 Å². The number of hydrogen-bond acceptors (Lipinski definition) is 7. The predicted molar refractivity (Wildman–Crippen MR) is 98.4 cm³/mol. The van der Waals surface area contributed by atoms with Crippen LogP contribution in [0.1, 0.15) is 39.5 Å². The summed E-state index contributed by atoms with van der Waals surface area (Å²) in [4.78, 5) is 37.6. The van der Waals surface area contributed by atoms with E-state index in [9.17, 15) is 14.4 Å². The zero-order valence-electron chi connectivity index (χ0n) is 16.2. The van der Waals surface area contributed by atoms with Gasteiger partial charge in [-0.1, -0.05) is 24.3 Å². The van der Waals surface area contributed by atoms with E-state index in [0.717, 1.165) is 6.54 Å². The number of allylic oxidation sites excluding steroid dienone is 2. The van der Waals surface area contributed by atoms with Crippen LogP contribution in [0.3, 0.4) is 0 Å². The zero-order chi connectivity index (χ0) is 19.8. The van der Waals surface area contributed by atoms with E-state index in [-0.39, 0.29) is 32.5 Å². The lowest BCUT2D eigenvalue weighted by atomic mass is 10.2. The van der Waals surface area contributed by atoms with Gasteiger partial charge in [0.2, 0.25) is 0 Å². The Morgan fingerprint density at radius 3 is 1.81 bits per heavy atom. The molecular weight excluding hydrogens is 338 g/mol. The van der Waals surface area contributed by atoms with Crippen LogP contribution in [0.25, 0.3) is 0 Å². The molecule has 0 aromatic carbocycles. The Hall–Kier alpha value is -2.15. The van der Waals surface area contributed by atoms with Gasteiger partial charge >= 0.3 is 17.9 Å². The smallest absolute Gasteiger partial charge is 0.309 e. The summed E-state index contributed by atoms with van der Waals surface area (Å²) in [6.45, 7) is 4.66. The van der Waals surface area contributed by atoms with Crippen LogP contribution < -0.4 is 0 Å². The molecule has 0 bridgehead atoms. The van der Waals surface area contributed by atoms with Gasteiger partial charge in [0.25, 0.3) is 0 Å². The molecule has 0 atom stereocenters. The van der Waals surface area contributed by atoms with Crippen LogP contribution in [0, 0.1) is 0 Å². The third kappa shape index (κ3) is 14.2. The summed E-state index contributed by atoms with van der Waals surface area (Å²) < 4.78 is 15.3. The normalized spacial score (nSPS) is 11.5. The van der Waals surface area contributed by atoms with Crippen molar-refractivity contribution in [2.24, 2.45) is 0 Å². The van der Waals surface area contributed by atoms with E-state index in [4.69, 9.17) is 14.2 Å². The first-order valence-electron chi connectivity index (χ1n) is 8.76. The van der Waals surface area contributed by atoms with Gasteiger partial charge in [0, 0.05) is 6.42 Å². The number of nitrogens with zero attached hydrogens (tertiary/aromatic N) is 1. The minimum absolute atomic E-state index is 0.143. The maximum atomic E-state index is 12.0. The largest absolute Gasteiger partial charge is 0.461 e. The van der Waals surface area contributed by atoms with Crippen LogP contribution in [-0.2, 0) is 28.6 Å². The van der Waals surface area contributed by atoms with Crippen molar-refractivity contribution < 1.29 is 28.6 Å². The molecule has 7 heteroatoms. The molecule has 0 N–H and O–H groups in total. The molecule has 148 valence electrons. The zero-order valence-corrected chi connectivity index (χ0v) is 16.2. The van der Waals surface area contributed by atoms with Crippen LogP contribution in [-0.4, -0.2) is 62.8 Å². The van der Waals surface area contributed by atoms with E-state index >= 15 is 0 Å². The van der Waals surface area contributed by atoms with E-state index in [1.807, 2.05) is 32.8 Å². The summed E-state index contributed by atoms with van der Waals surface area (Å²) >= 11 is 0. The van der Waals surface area contributed by atoms with Gasteiger partial charge in [0.1, 0.15) is 19.3 Å². The van der Waals surface area contributed by atoms with Crippen LogP contribution in [0.2, 0.25) is 0 Å². The first-order valence-corrected chi connectivity index (χ1v) is 8.76. The number of ether oxygens (including phenoxy) is 3. The molecule has 0 fully saturated rings. The van der Waals surface area contributed by atoms with Gasteiger partial charge in [0.15, 0.2) is 0 Å². The fourth-order valence-electron chi connectivity index (χ4n) is 1.90. The van der Waals surface area contributed by atoms with E-state index in [1.54, 1.807) is 24.3 Å². The highest BCUT2D eigenvalue weighted by molar-refractivity contribution is 5.76. The summed E-state index contributed by atoms with van der Waals surface area (Å²) in [6.07, 6.45) is 6.48. The molecule has 0 aliphatic rings. The van der Waals surface area contributed by atoms with Crippen molar-refractivity contribution in [1.29, 1.82) is 0 Å². The van der Waals surface area contributed by atoms with Crippen LogP contribution in [0.15, 0.2) is 24.3 Å². The Balaban J connectivity index is 4.57. The quantitative estimate of drug-likeness (QED) is 0.280. The maximum absolute atomic E-state index is 12.0. The van der Waals surface area contributed by atoms with Crippen molar-refractivity contribution in [3.05, 3.63) is 24.3 Å². The molecular formula is C19H31NO6. The fraction of sp³-hybridized carbons (Fsp3) is 0.632. The third-order valence-corrected chi connectivity index (χ3v) is 3.23. The second-order valence-corrected chi connectivity index (χ2v) is 5.93. The van der Waals surface area contributed by atoms with Crippen molar-refractivity contribution >= 4 is 17.9 Å². The SMILES string of the molecule is C/C=C\COC(=O)CC(CC(=O)OC/C=C\C)OC(=O)CCCN(C)C. The third-order valence-electron chi connectivity index (χ3n) is 3.23. The molecule has 0 aromatic rings. The molecule has 0 saturated heterocycles. The van der Waals surface area contributed by atoms with Gasteiger partial charge in [0.05, 0.1) is 12.8 Å². The van der Waals surface area contributed by atoms with Gasteiger partial charge in [-0.25, -0.2) is 0 Å². The van der Waals surface area contributed by atoms with Gasteiger partial charge < -0.3 is 19.1 Å². The molecule has 7 nitrogen and oxygen atoms in total. The number of hydrogen-bond donors (Lipinski definition) is 0. The fourth-order valence-corrected chi connectivity index (χ4v) is 1.90. The molecule has 0 aromatic heterocycles. The van der Waals surface area contributed by atoms with Crippen molar-refractivity contribution in [2.75, 3.05) is 33.9 Å². The van der Waals surface area contributed by atoms with Crippen molar-refractivity contribution in [1.82, 2.24) is 4.90 Å². The Morgan fingerprint density at radius 2 is 1.38 bits per heavy atom. The Labute approximate surface area is 156 Å². The minimum Gasteiger partial charge on any atom is -0.461 e. The van der Waals surface area contributed by atoms with E-state index in [2.05, 4.69) is 0 Å². The average Bonchev–Trinajstić information content (AvgIpc) is 2.54. The Kier molecular flexibility index (Phi) is 13.9. The standard InChI is InChI=1S/C19H31NO6/c1-5-7-12-24-18(22)14-16(15-19(23)25-13-8-6-2)26-17(21)10-9-11-20(3)4/h5-8,16H,9-15H2,1-4H3/b7-5-,8-6-. The predicted octanol–water partition coefficient (Wildman–Crippen LogP) is 2.26. The maximum Gasteiger partial charge on any atom is 0.309 e. The molecule has 0 saturated carbocycles. The summed E-state index contributed by atoms with van der Waals surface area (Å²) in [5, 5.41) is 0. The first kappa shape index (κ1) is 23.9. The molecule has 26 heavy (non-hydrogen) atoms. The minimum atomic E-state index is -0.891. The number of esters is 3. The summed E-state index contributed by atoms with van der Waals surface area (Å²) in [7, 11) is 3.82. The second kappa shape index (κ2) is 15.1. The number of carbonyl (C=O) groups is 3. The van der Waals surface area contributed by atoms with Crippen LogP contribution >= 0.6 is 0 Å². The lowest BCUT2D eigenvalue weighted by Crippen LogP contribution is -2.27. The van der Waals surface area contributed by atoms with Gasteiger partial charge in [-0.05, 0) is 40.9 Å². The summed E-state index contributed by atoms with van der Waals surface area (Å²) in [5.74, 6) is -1.51. The highest BCUT2D eigenvalue weighted by Crippen LogP contribution is 2.10. The van der Waals surface area contributed by atoms with Crippen LogP contribution in [0.5, 0.6) is 0 Å². The Bertz CT molecular complexity index is 454. The van der Waals surface area contributed by atoms with Gasteiger partial charge in [-0.2, -0.15) is 0 Å². The molecule has 0 aliphatic carbocycles. The highest BCUT2D eigenvalue weighted by Gasteiger charge is 2.23. The molecule has 0 heterocycles. The van der Waals surface area contributed by atoms with Crippen LogP contribution in [0.4, 0.5) is 0 Å². The number of carbonyl (C=O) groups excluding carboxylic acids is 3. The second-order valence-electron chi connectivity index (χ2n) is 5.93. The summed E-state index contributed by atoms with van der Waals surface area (Å²) in [6, 6.07) is 0. The highest BCUT2D eigenvalue weighted by atomic mass is 16.6. The molecule has 0 amide bonds. The van der Waals surface area contributed by atoms with E-state index in [1.165, 1.54) is 0 Å². The Morgan fingerprint density at radius 1 is 0.885 bits per heavy atom. The molecule has 0 unspecified atom stereocenters.